The molecule has 9 heteroatoms. The highest BCUT2D eigenvalue weighted by molar-refractivity contribution is 5.95. The van der Waals surface area contributed by atoms with Crippen LogP contribution in [0.4, 0.5) is 11.5 Å². The van der Waals surface area contributed by atoms with Crippen LogP contribution >= 0.6 is 0 Å². The number of aryl methyl sites for hydroxylation is 1. The number of benzene rings is 2. The number of anilines is 1. The van der Waals surface area contributed by atoms with Crippen LogP contribution in [0.15, 0.2) is 48.5 Å². The van der Waals surface area contributed by atoms with Gasteiger partial charge >= 0.3 is 0 Å². The van der Waals surface area contributed by atoms with E-state index in [1.54, 1.807) is 16.8 Å². The molecular weight excluding hydrogens is 372 g/mol. The number of imidazole rings is 1. The molecule has 9 nitrogen and oxygen atoms in total. The zero-order valence-corrected chi connectivity index (χ0v) is 15.4. The second-order valence-electron chi connectivity index (χ2n) is 6.99. The number of nitro groups is 1. The lowest BCUT2D eigenvalue weighted by Gasteiger charge is -2.24. The molecule has 29 heavy (non-hydrogen) atoms. The van der Waals surface area contributed by atoms with Crippen LogP contribution in [0.3, 0.4) is 0 Å². The Bertz CT molecular complexity index is 1260. The predicted molar refractivity (Wildman–Crippen MR) is 106 cm³/mol. The molecule has 2 aromatic carbocycles. The molecule has 0 fully saturated rings. The largest absolute Gasteiger partial charge is 0.322 e. The van der Waals surface area contributed by atoms with Gasteiger partial charge in [-0.2, -0.15) is 9.78 Å². The van der Waals surface area contributed by atoms with Crippen molar-refractivity contribution in [3.05, 3.63) is 75.5 Å². The average Bonchev–Trinajstić information content (AvgIpc) is 3.28. The van der Waals surface area contributed by atoms with Crippen LogP contribution in [0, 0.1) is 17.0 Å². The summed E-state index contributed by atoms with van der Waals surface area (Å²) in [6.07, 6.45) is 0.195. The molecule has 1 atom stereocenters. The number of carbonyl (C=O) groups is 1. The minimum Gasteiger partial charge on any atom is -0.322 e. The second kappa shape index (κ2) is 6.26. The zero-order valence-electron chi connectivity index (χ0n) is 15.4. The number of nitrogens with one attached hydrogen (secondary N) is 2. The summed E-state index contributed by atoms with van der Waals surface area (Å²) in [6, 6.07) is 14.0. The number of aromatic nitrogens is 4. The maximum atomic E-state index is 12.5. The van der Waals surface area contributed by atoms with Crippen molar-refractivity contribution < 1.29 is 9.72 Å². The fourth-order valence-corrected chi connectivity index (χ4v) is 3.88. The molecule has 4 aromatic rings. The summed E-state index contributed by atoms with van der Waals surface area (Å²) < 4.78 is 1.59. The number of carbonyl (C=O) groups excluding carboxylic acids is 1. The SMILES string of the molecule is Cc1nn(-c2nc3ccccc3[nH]2)c2c1[C@@H](c1cccc([N+](=O)[O-])c1)CC(=O)N2. The first-order chi connectivity index (χ1) is 14.0. The van der Waals surface area contributed by atoms with E-state index in [4.69, 9.17) is 0 Å². The number of amides is 1. The first kappa shape index (κ1) is 17.1. The summed E-state index contributed by atoms with van der Waals surface area (Å²) in [5.74, 6) is 0.535. The fraction of sp³-hybridized carbons (Fsp3) is 0.150. The highest BCUT2D eigenvalue weighted by Gasteiger charge is 2.33. The molecule has 2 aromatic heterocycles. The van der Waals surface area contributed by atoms with Gasteiger partial charge in [-0.1, -0.05) is 24.3 Å². The van der Waals surface area contributed by atoms with Crippen molar-refractivity contribution in [3.8, 4) is 5.95 Å². The first-order valence-corrected chi connectivity index (χ1v) is 9.10. The number of non-ortho nitro benzene ring substituents is 1. The van der Waals surface area contributed by atoms with Crippen molar-refractivity contribution in [3.63, 3.8) is 0 Å². The molecule has 2 N–H and O–H groups in total. The summed E-state index contributed by atoms with van der Waals surface area (Å²) in [7, 11) is 0. The number of fused-ring (bicyclic) bond motifs is 2. The Kier molecular flexibility index (Phi) is 3.70. The van der Waals surface area contributed by atoms with Crippen molar-refractivity contribution in [2.24, 2.45) is 0 Å². The van der Waals surface area contributed by atoms with Crippen LogP contribution in [0.5, 0.6) is 0 Å². The molecule has 1 aliphatic heterocycles. The third-order valence-corrected chi connectivity index (χ3v) is 5.16. The van der Waals surface area contributed by atoms with Gasteiger partial charge in [-0.25, -0.2) is 4.98 Å². The Labute approximate surface area is 164 Å². The van der Waals surface area contributed by atoms with E-state index in [2.05, 4.69) is 20.4 Å². The van der Waals surface area contributed by atoms with E-state index >= 15 is 0 Å². The van der Waals surface area contributed by atoms with Gasteiger partial charge in [-0.15, -0.1) is 0 Å². The first-order valence-electron chi connectivity index (χ1n) is 9.10. The number of aromatic amines is 1. The van der Waals surface area contributed by atoms with Gasteiger partial charge in [0.1, 0.15) is 5.82 Å². The van der Waals surface area contributed by atoms with Crippen LogP contribution in [0.2, 0.25) is 0 Å². The normalized spacial score (nSPS) is 15.9. The number of H-pyrrole nitrogens is 1. The van der Waals surface area contributed by atoms with Crippen LogP contribution in [-0.2, 0) is 4.79 Å². The van der Waals surface area contributed by atoms with E-state index in [0.29, 0.717) is 17.3 Å². The molecule has 0 radical (unpaired) electrons. The molecule has 0 spiro atoms. The fourth-order valence-electron chi connectivity index (χ4n) is 3.88. The van der Waals surface area contributed by atoms with E-state index < -0.39 is 4.92 Å². The van der Waals surface area contributed by atoms with Gasteiger partial charge in [-0.3, -0.25) is 14.9 Å². The molecule has 0 saturated heterocycles. The van der Waals surface area contributed by atoms with E-state index in [0.717, 1.165) is 22.3 Å². The summed E-state index contributed by atoms with van der Waals surface area (Å²) in [5, 5.41) is 18.7. The van der Waals surface area contributed by atoms with Crippen LogP contribution in [0.25, 0.3) is 17.0 Å². The predicted octanol–water partition coefficient (Wildman–Crippen LogP) is 3.44. The van der Waals surface area contributed by atoms with Gasteiger partial charge in [0.15, 0.2) is 0 Å². The lowest BCUT2D eigenvalue weighted by molar-refractivity contribution is -0.384. The number of rotatable bonds is 3. The van der Waals surface area contributed by atoms with E-state index in [1.165, 1.54) is 12.1 Å². The summed E-state index contributed by atoms with van der Waals surface area (Å²) >= 11 is 0. The standard InChI is InChI=1S/C20H16N6O3/c1-11-18-14(12-5-4-6-13(9-12)26(28)29)10-17(27)23-19(18)25(24-11)20-21-15-7-2-3-8-16(15)22-20/h2-9,14H,10H2,1H3,(H,21,22)(H,23,27)/t14-/m1/s1. The Morgan fingerprint density at radius 1 is 1.21 bits per heavy atom. The number of para-hydroxylation sites is 2. The van der Waals surface area contributed by atoms with Crippen molar-refractivity contribution in [2.45, 2.75) is 19.3 Å². The van der Waals surface area contributed by atoms with Crippen LogP contribution in [0.1, 0.15) is 29.2 Å². The minimum atomic E-state index is -0.433. The van der Waals surface area contributed by atoms with Crippen molar-refractivity contribution in [1.29, 1.82) is 0 Å². The van der Waals surface area contributed by atoms with E-state index in [9.17, 15) is 14.9 Å². The average molecular weight is 388 g/mol. The molecule has 144 valence electrons. The molecule has 1 aliphatic rings. The third-order valence-electron chi connectivity index (χ3n) is 5.16. The Hall–Kier alpha value is -4.01. The number of nitrogens with zero attached hydrogens (tertiary/aromatic N) is 4. The van der Waals surface area contributed by atoms with Gasteiger partial charge in [0.2, 0.25) is 11.9 Å². The Morgan fingerprint density at radius 2 is 2.03 bits per heavy atom. The molecule has 0 bridgehead atoms. The Balaban J connectivity index is 1.66. The lowest BCUT2D eigenvalue weighted by atomic mass is 9.85. The number of hydrogen-bond donors (Lipinski definition) is 2. The highest BCUT2D eigenvalue weighted by Crippen LogP contribution is 2.40. The summed E-state index contributed by atoms with van der Waals surface area (Å²) in [5.41, 5.74) is 3.94. The van der Waals surface area contributed by atoms with Gasteiger partial charge < -0.3 is 10.3 Å². The molecule has 5 rings (SSSR count). The minimum absolute atomic E-state index is 0.00244. The second-order valence-corrected chi connectivity index (χ2v) is 6.99. The highest BCUT2D eigenvalue weighted by atomic mass is 16.6. The lowest BCUT2D eigenvalue weighted by Crippen LogP contribution is -2.25. The topological polar surface area (TPSA) is 119 Å². The molecule has 1 amide bonds. The molecule has 0 aliphatic carbocycles. The van der Waals surface area contributed by atoms with Gasteiger partial charge in [-0.05, 0) is 24.6 Å². The Morgan fingerprint density at radius 3 is 2.83 bits per heavy atom. The smallest absolute Gasteiger partial charge is 0.269 e. The van der Waals surface area contributed by atoms with Gasteiger partial charge in [0.25, 0.3) is 5.69 Å². The molecule has 0 saturated carbocycles. The zero-order chi connectivity index (χ0) is 20.1. The van der Waals surface area contributed by atoms with E-state index in [1.807, 2.05) is 31.2 Å². The monoisotopic (exact) mass is 388 g/mol. The van der Waals surface area contributed by atoms with Crippen molar-refractivity contribution >= 4 is 28.4 Å². The number of nitro benzene ring substituents is 1. The van der Waals surface area contributed by atoms with Crippen LogP contribution < -0.4 is 5.32 Å². The quantitative estimate of drug-likeness (QED) is 0.412. The number of hydrogen-bond acceptors (Lipinski definition) is 5. The van der Waals surface area contributed by atoms with Crippen molar-refractivity contribution in [2.75, 3.05) is 5.32 Å². The van der Waals surface area contributed by atoms with Crippen LogP contribution in [-0.4, -0.2) is 30.6 Å². The van der Waals surface area contributed by atoms with Crippen molar-refractivity contribution in [1.82, 2.24) is 19.7 Å². The maximum absolute atomic E-state index is 12.5. The third kappa shape index (κ3) is 2.75. The molecule has 3 heterocycles. The van der Waals surface area contributed by atoms with Gasteiger partial charge in [0.05, 0.1) is 21.7 Å². The maximum Gasteiger partial charge on any atom is 0.269 e. The molecule has 0 unspecified atom stereocenters. The summed E-state index contributed by atoms with van der Waals surface area (Å²) in [6.45, 7) is 1.86. The molecular formula is C20H16N6O3. The van der Waals surface area contributed by atoms with E-state index in [-0.39, 0.29) is 23.9 Å². The van der Waals surface area contributed by atoms with Gasteiger partial charge in [0, 0.05) is 30.0 Å². The summed E-state index contributed by atoms with van der Waals surface area (Å²) in [4.78, 5) is 31.0.